The molecule has 1 fully saturated rings. The predicted octanol–water partition coefficient (Wildman–Crippen LogP) is -1.12. The van der Waals surface area contributed by atoms with Crippen molar-refractivity contribution in [2.75, 3.05) is 13.2 Å². The summed E-state index contributed by atoms with van der Waals surface area (Å²) in [6.45, 7) is 0.483. The van der Waals surface area contributed by atoms with Crippen molar-refractivity contribution in [3.8, 4) is 0 Å². The molecule has 1 aliphatic rings. The number of nitrogens with zero attached hydrogens (tertiary/aromatic N) is 2. The summed E-state index contributed by atoms with van der Waals surface area (Å²) in [5.41, 5.74) is 1.31. The van der Waals surface area contributed by atoms with Crippen LogP contribution in [0.2, 0.25) is 0 Å². The molecule has 1 aliphatic heterocycles. The standard InChI is InChI=1S/C12H15N3O4S/c16-3-7-10(18)8(17)2-15(7)1-6-4-20-11-9(6)13-5-14-12(11)19/h4-5,7-8,10,16-18H,1-3H2,(H,13,14,19)/t7-,8+,10-/m1/s1. The monoisotopic (exact) mass is 297 g/mol. The van der Waals surface area contributed by atoms with Crippen LogP contribution in [-0.4, -0.2) is 61.6 Å². The number of thiophene rings is 1. The van der Waals surface area contributed by atoms with Crippen molar-refractivity contribution in [3.63, 3.8) is 0 Å². The summed E-state index contributed by atoms with van der Waals surface area (Å²) in [5, 5.41) is 30.7. The molecule has 3 atom stereocenters. The molecule has 3 heterocycles. The smallest absolute Gasteiger partial charge is 0.268 e. The van der Waals surface area contributed by atoms with Crippen molar-refractivity contribution in [2.45, 2.75) is 24.8 Å². The van der Waals surface area contributed by atoms with Gasteiger partial charge in [0.15, 0.2) is 0 Å². The minimum Gasteiger partial charge on any atom is -0.395 e. The zero-order valence-electron chi connectivity index (χ0n) is 10.6. The van der Waals surface area contributed by atoms with Gasteiger partial charge in [0.05, 0.1) is 36.7 Å². The topological polar surface area (TPSA) is 110 Å². The van der Waals surface area contributed by atoms with E-state index < -0.39 is 18.2 Å². The molecule has 0 bridgehead atoms. The van der Waals surface area contributed by atoms with E-state index in [9.17, 15) is 20.1 Å². The lowest BCUT2D eigenvalue weighted by Crippen LogP contribution is -2.38. The summed E-state index contributed by atoms with van der Waals surface area (Å²) in [7, 11) is 0. The maximum atomic E-state index is 11.6. The molecule has 4 N–H and O–H groups in total. The third kappa shape index (κ3) is 2.15. The van der Waals surface area contributed by atoms with Gasteiger partial charge in [0.1, 0.15) is 4.70 Å². The molecule has 0 spiro atoms. The molecule has 20 heavy (non-hydrogen) atoms. The highest BCUT2D eigenvalue weighted by Gasteiger charge is 2.39. The van der Waals surface area contributed by atoms with Crippen LogP contribution < -0.4 is 5.56 Å². The summed E-state index contributed by atoms with van der Waals surface area (Å²) in [6, 6.07) is -0.498. The first-order valence-electron chi connectivity index (χ1n) is 6.26. The number of fused-ring (bicyclic) bond motifs is 1. The number of aliphatic hydroxyl groups excluding tert-OH is 3. The third-order valence-corrected chi connectivity index (χ3v) is 4.69. The second kappa shape index (κ2) is 5.23. The summed E-state index contributed by atoms with van der Waals surface area (Å²) < 4.78 is 0.559. The number of rotatable bonds is 3. The van der Waals surface area contributed by atoms with Gasteiger partial charge in [-0.3, -0.25) is 9.69 Å². The Morgan fingerprint density at radius 1 is 1.50 bits per heavy atom. The maximum absolute atomic E-state index is 11.6. The third-order valence-electron chi connectivity index (χ3n) is 3.67. The van der Waals surface area contributed by atoms with E-state index in [1.54, 1.807) is 4.90 Å². The van der Waals surface area contributed by atoms with Crippen molar-refractivity contribution >= 4 is 21.6 Å². The Bertz CT molecular complexity index is 670. The Labute approximate surface area is 118 Å². The molecule has 0 amide bonds. The Morgan fingerprint density at radius 3 is 3.05 bits per heavy atom. The van der Waals surface area contributed by atoms with Gasteiger partial charge in [-0.1, -0.05) is 0 Å². The van der Waals surface area contributed by atoms with Crippen molar-refractivity contribution in [2.24, 2.45) is 0 Å². The molecule has 7 nitrogen and oxygen atoms in total. The molecule has 0 radical (unpaired) electrons. The Balaban J connectivity index is 1.90. The minimum absolute atomic E-state index is 0.175. The average molecular weight is 297 g/mol. The number of nitrogens with one attached hydrogen (secondary N) is 1. The number of aliphatic hydroxyl groups is 3. The van der Waals surface area contributed by atoms with Gasteiger partial charge >= 0.3 is 0 Å². The highest BCUT2D eigenvalue weighted by Crippen LogP contribution is 2.26. The van der Waals surface area contributed by atoms with Crippen LogP contribution >= 0.6 is 11.3 Å². The first-order valence-corrected chi connectivity index (χ1v) is 7.14. The zero-order chi connectivity index (χ0) is 14.3. The summed E-state index contributed by atoms with van der Waals surface area (Å²) in [5.74, 6) is 0. The molecule has 108 valence electrons. The molecule has 0 saturated carbocycles. The van der Waals surface area contributed by atoms with Gasteiger partial charge < -0.3 is 20.3 Å². The van der Waals surface area contributed by atoms with E-state index in [0.717, 1.165) is 5.56 Å². The summed E-state index contributed by atoms with van der Waals surface area (Å²) >= 11 is 1.31. The maximum Gasteiger partial charge on any atom is 0.268 e. The molecule has 1 saturated heterocycles. The van der Waals surface area contributed by atoms with Gasteiger partial charge in [-0.25, -0.2) is 4.98 Å². The average Bonchev–Trinajstić information content (AvgIpc) is 2.94. The van der Waals surface area contributed by atoms with E-state index in [2.05, 4.69) is 9.97 Å². The fraction of sp³-hybridized carbons (Fsp3) is 0.500. The second-order valence-corrected chi connectivity index (χ2v) is 5.79. The first-order chi connectivity index (χ1) is 9.61. The van der Waals surface area contributed by atoms with Crippen LogP contribution in [0.4, 0.5) is 0 Å². The molecular weight excluding hydrogens is 282 g/mol. The highest BCUT2D eigenvalue weighted by atomic mass is 32.1. The van der Waals surface area contributed by atoms with Crippen LogP contribution in [0.5, 0.6) is 0 Å². The lowest BCUT2D eigenvalue weighted by molar-refractivity contribution is 0.0211. The molecule has 0 aromatic carbocycles. The molecule has 0 aliphatic carbocycles. The van der Waals surface area contributed by atoms with E-state index in [0.29, 0.717) is 16.8 Å². The SMILES string of the molecule is O=c1[nH]cnc2c(CN3C[C@H](O)[C@H](O)[C@H]3CO)csc12. The number of hydrogen-bond donors (Lipinski definition) is 4. The van der Waals surface area contributed by atoms with Crippen molar-refractivity contribution in [1.29, 1.82) is 0 Å². The van der Waals surface area contributed by atoms with Gasteiger partial charge in [0.2, 0.25) is 0 Å². The Morgan fingerprint density at radius 2 is 2.30 bits per heavy atom. The van der Waals surface area contributed by atoms with Crippen molar-refractivity contribution in [3.05, 3.63) is 27.6 Å². The van der Waals surface area contributed by atoms with E-state index in [-0.39, 0.29) is 18.7 Å². The van der Waals surface area contributed by atoms with Crippen LogP contribution in [0, 0.1) is 0 Å². The predicted molar refractivity (Wildman–Crippen MR) is 73.5 cm³/mol. The quantitative estimate of drug-likeness (QED) is 0.571. The van der Waals surface area contributed by atoms with Crippen LogP contribution in [0.15, 0.2) is 16.5 Å². The lowest BCUT2D eigenvalue weighted by atomic mass is 10.1. The van der Waals surface area contributed by atoms with E-state index in [1.807, 2.05) is 5.38 Å². The molecule has 0 unspecified atom stereocenters. The molecule has 2 aromatic heterocycles. The second-order valence-electron chi connectivity index (χ2n) is 4.91. The fourth-order valence-electron chi connectivity index (χ4n) is 2.60. The summed E-state index contributed by atoms with van der Waals surface area (Å²) in [6.07, 6.45) is -0.465. The molecule has 3 rings (SSSR count). The van der Waals surface area contributed by atoms with E-state index in [4.69, 9.17) is 0 Å². The summed E-state index contributed by atoms with van der Waals surface area (Å²) in [4.78, 5) is 20.1. The number of hydrogen-bond acceptors (Lipinski definition) is 7. The lowest BCUT2D eigenvalue weighted by Gasteiger charge is -2.23. The largest absolute Gasteiger partial charge is 0.395 e. The van der Waals surface area contributed by atoms with E-state index >= 15 is 0 Å². The number of β-amino-alcohol motifs (C(OH)–C–C–N with tert-alkyl or cyclic N) is 1. The van der Waals surface area contributed by atoms with Gasteiger partial charge in [-0.05, 0) is 5.38 Å². The molecular formula is C12H15N3O4S. The van der Waals surface area contributed by atoms with Crippen LogP contribution in [0.1, 0.15) is 5.56 Å². The number of H-pyrrole nitrogens is 1. The van der Waals surface area contributed by atoms with E-state index in [1.165, 1.54) is 17.7 Å². The Kier molecular flexibility index (Phi) is 3.57. The Hall–Kier alpha value is -1.32. The number of aromatic amines is 1. The number of likely N-dealkylation sites (tertiary alicyclic amines) is 1. The van der Waals surface area contributed by atoms with Gasteiger partial charge in [0.25, 0.3) is 5.56 Å². The number of aromatic nitrogens is 2. The van der Waals surface area contributed by atoms with Gasteiger partial charge in [0, 0.05) is 18.7 Å². The first kappa shape index (κ1) is 13.7. The van der Waals surface area contributed by atoms with Crippen LogP contribution in [0.25, 0.3) is 10.2 Å². The van der Waals surface area contributed by atoms with Crippen molar-refractivity contribution in [1.82, 2.24) is 14.9 Å². The minimum atomic E-state index is -0.957. The van der Waals surface area contributed by atoms with Crippen LogP contribution in [-0.2, 0) is 6.54 Å². The normalized spacial score (nSPS) is 27.4. The fourth-order valence-corrected chi connectivity index (χ4v) is 3.51. The van der Waals surface area contributed by atoms with Gasteiger partial charge in [-0.2, -0.15) is 0 Å². The van der Waals surface area contributed by atoms with Gasteiger partial charge in [-0.15, -0.1) is 11.3 Å². The highest BCUT2D eigenvalue weighted by molar-refractivity contribution is 7.17. The van der Waals surface area contributed by atoms with Crippen LogP contribution in [0.3, 0.4) is 0 Å². The zero-order valence-corrected chi connectivity index (χ0v) is 11.4. The molecule has 8 heteroatoms. The van der Waals surface area contributed by atoms with Crippen molar-refractivity contribution < 1.29 is 15.3 Å². The molecule has 2 aromatic rings.